The zero-order chi connectivity index (χ0) is 37.0. The van der Waals surface area contributed by atoms with Crippen molar-refractivity contribution in [1.82, 2.24) is 24.1 Å². The molecule has 0 spiro atoms. The Labute approximate surface area is 324 Å². The molecule has 5 nitrogen and oxygen atoms in total. The minimum Gasteiger partial charge on any atom is -0.309 e. The molecule has 0 radical (unpaired) electrons. The summed E-state index contributed by atoms with van der Waals surface area (Å²) in [5, 5.41) is 4.75. The van der Waals surface area contributed by atoms with Gasteiger partial charge in [-0.3, -0.25) is 4.57 Å². The highest BCUT2D eigenvalue weighted by atomic mass is 15.2. The van der Waals surface area contributed by atoms with Crippen molar-refractivity contribution >= 4 is 49.2 Å². The van der Waals surface area contributed by atoms with Gasteiger partial charge in [0, 0.05) is 44.3 Å². The van der Waals surface area contributed by atoms with Crippen molar-refractivity contribution < 1.29 is 0 Å². The molecule has 0 saturated carbocycles. The molecule has 1 aliphatic carbocycles. The number of hydrogen-bond acceptors (Lipinski definition) is 3. The molecule has 0 bridgehead atoms. The Morgan fingerprint density at radius 1 is 0.446 bits per heavy atom. The van der Waals surface area contributed by atoms with E-state index in [1.165, 1.54) is 27.2 Å². The van der Waals surface area contributed by atoms with E-state index in [9.17, 15) is 0 Å². The normalized spacial score (nSPS) is 14.2. The Morgan fingerprint density at radius 2 is 1.02 bits per heavy atom. The van der Waals surface area contributed by atoms with Gasteiger partial charge in [0.15, 0.2) is 11.6 Å². The van der Waals surface area contributed by atoms with Gasteiger partial charge in [0.05, 0.1) is 22.1 Å². The van der Waals surface area contributed by atoms with E-state index in [0.29, 0.717) is 17.6 Å². The molecule has 56 heavy (non-hydrogen) atoms. The Morgan fingerprint density at radius 3 is 1.75 bits per heavy atom. The first-order valence-electron chi connectivity index (χ1n) is 19.2. The average Bonchev–Trinajstić information content (AvgIpc) is 3.80. The number of nitrogens with zero attached hydrogens (tertiary/aromatic N) is 5. The molecular formula is C51H35N5. The molecule has 11 rings (SSSR count). The number of rotatable bonds is 6. The van der Waals surface area contributed by atoms with Gasteiger partial charge in [0.25, 0.3) is 0 Å². The summed E-state index contributed by atoms with van der Waals surface area (Å²) in [7, 11) is 0. The minimum absolute atomic E-state index is 0.227. The number of fused-ring (bicyclic) bond motifs is 7. The van der Waals surface area contributed by atoms with E-state index in [2.05, 4.69) is 197 Å². The molecule has 10 aromatic rings. The van der Waals surface area contributed by atoms with Gasteiger partial charge in [-0.1, -0.05) is 152 Å². The summed E-state index contributed by atoms with van der Waals surface area (Å²) in [6.45, 7) is 0. The van der Waals surface area contributed by atoms with Gasteiger partial charge >= 0.3 is 0 Å². The van der Waals surface area contributed by atoms with Crippen LogP contribution in [0.2, 0.25) is 0 Å². The number of aromatic nitrogens is 5. The molecule has 5 heteroatoms. The van der Waals surface area contributed by atoms with Crippen LogP contribution in [0, 0.1) is 0 Å². The predicted molar refractivity (Wildman–Crippen MR) is 230 cm³/mol. The first-order valence-corrected chi connectivity index (χ1v) is 19.2. The highest BCUT2D eigenvalue weighted by Crippen LogP contribution is 2.42. The highest BCUT2D eigenvalue weighted by molar-refractivity contribution is 6.28. The van der Waals surface area contributed by atoms with Crippen LogP contribution in [0.15, 0.2) is 194 Å². The topological polar surface area (TPSA) is 48.5 Å². The van der Waals surface area contributed by atoms with E-state index in [-0.39, 0.29) is 5.92 Å². The van der Waals surface area contributed by atoms with E-state index < -0.39 is 0 Å². The standard InChI is InChI=1S/C51H35N5/c1-4-16-34(17-5-1)36-20-14-22-38(32-36)49-52-50(39-23-15-21-37(33-39)35-18-6-2-7-19-35)54-51(53-49)56-44-29-13-11-27-42(44)48-46(56)31-30-45-47(48)41-26-10-12-28-43(41)55(45)40-24-8-3-9-25-40/h1-20,22-33,37H,21H2. The molecule has 3 aromatic heterocycles. The second-order valence-corrected chi connectivity index (χ2v) is 14.4. The molecule has 0 saturated heterocycles. The summed E-state index contributed by atoms with van der Waals surface area (Å²) in [5.41, 5.74) is 11.0. The van der Waals surface area contributed by atoms with E-state index in [1.54, 1.807) is 0 Å². The predicted octanol–water partition coefficient (Wildman–Crippen LogP) is 12.5. The molecule has 0 fully saturated rings. The molecule has 7 aromatic carbocycles. The van der Waals surface area contributed by atoms with Gasteiger partial charge in [0.2, 0.25) is 5.95 Å². The third kappa shape index (κ3) is 5.28. The van der Waals surface area contributed by atoms with Crippen molar-refractivity contribution in [2.45, 2.75) is 12.3 Å². The van der Waals surface area contributed by atoms with Crippen LogP contribution in [0.4, 0.5) is 0 Å². The molecule has 1 unspecified atom stereocenters. The number of hydrogen-bond donors (Lipinski definition) is 0. The molecule has 264 valence electrons. The first-order chi connectivity index (χ1) is 27.8. The maximum Gasteiger partial charge on any atom is 0.238 e. The van der Waals surface area contributed by atoms with Crippen LogP contribution in [0.3, 0.4) is 0 Å². The van der Waals surface area contributed by atoms with Gasteiger partial charge < -0.3 is 4.57 Å². The number of para-hydroxylation sites is 3. The van der Waals surface area contributed by atoms with Gasteiger partial charge in [-0.2, -0.15) is 9.97 Å². The monoisotopic (exact) mass is 717 g/mol. The van der Waals surface area contributed by atoms with Gasteiger partial charge in [0.1, 0.15) is 0 Å². The molecule has 0 N–H and O–H groups in total. The van der Waals surface area contributed by atoms with Crippen LogP contribution in [0.5, 0.6) is 0 Å². The number of benzene rings is 7. The quantitative estimate of drug-likeness (QED) is 0.172. The molecule has 1 aliphatic rings. The second kappa shape index (κ2) is 13.2. The lowest BCUT2D eigenvalue weighted by molar-refractivity contribution is 0.851. The van der Waals surface area contributed by atoms with Crippen LogP contribution in [-0.2, 0) is 0 Å². The molecule has 3 heterocycles. The molecule has 0 amide bonds. The lowest BCUT2D eigenvalue weighted by atomic mass is 9.89. The van der Waals surface area contributed by atoms with E-state index >= 15 is 0 Å². The average molecular weight is 718 g/mol. The lowest BCUT2D eigenvalue weighted by Crippen LogP contribution is -2.09. The van der Waals surface area contributed by atoms with Crippen molar-refractivity contribution in [3.05, 3.63) is 206 Å². The molecule has 1 atom stereocenters. The van der Waals surface area contributed by atoms with Crippen molar-refractivity contribution in [3.63, 3.8) is 0 Å². The van der Waals surface area contributed by atoms with Crippen molar-refractivity contribution in [2.24, 2.45) is 0 Å². The lowest BCUT2D eigenvalue weighted by Gasteiger charge is -2.18. The fraction of sp³-hybridized carbons (Fsp3) is 0.0392. The zero-order valence-electron chi connectivity index (χ0n) is 30.5. The summed E-state index contributed by atoms with van der Waals surface area (Å²) in [6.07, 6.45) is 7.64. The summed E-state index contributed by atoms with van der Waals surface area (Å²) >= 11 is 0. The third-order valence-electron chi connectivity index (χ3n) is 11.1. The van der Waals surface area contributed by atoms with Crippen molar-refractivity contribution in [1.29, 1.82) is 0 Å². The SMILES string of the molecule is C1=CC(c2nc(-c3cccc(-c4ccccc4)c3)nc(-n3c4ccccc4c4c5c6ccccc6n(-c6ccccc6)c5ccc43)n2)=CC(c2ccccc2)C1. The first kappa shape index (κ1) is 32.1. The zero-order valence-corrected chi connectivity index (χ0v) is 30.5. The summed E-state index contributed by atoms with van der Waals surface area (Å²) in [4.78, 5) is 15.9. The Balaban J connectivity index is 1.18. The second-order valence-electron chi connectivity index (χ2n) is 14.4. The maximum absolute atomic E-state index is 5.35. The van der Waals surface area contributed by atoms with Gasteiger partial charge in [-0.15, -0.1) is 0 Å². The molecular weight excluding hydrogens is 683 g/mol. The smallest absolute Gasteiger partial charge is 0.238 e. The summed E-state index contributed by atoms with van der Waals surface area (Å²) in [6, 6.07) is 62.1. The maximum atomic E-state index is 5.35. The number of allylic oxidation sites excluding steroid dienone is 4. The fourth-order valence-corrected chi connectivity index (χ4v) is 8.54. The van der Waals surface area contributed by atoms with E-state index in [0.717, 1.165) is 56.3 Å². The Hall–Kier alpha value is -7.37. The summed E-state index contributed by atoms with van der Waals surface area (Å²) < 4.78 is 4.61. The Bertz CT molecular complexity index is 3150. The fourth-order valence-electron chi connectivity index (χ4n) is 8.54. The van der Waals surface area contributed by atoms with E-state index in [1.807, 2.05) is 6.07 Å². The van der Waals surface area contributed by atoms with Crippen LogP contribution in [0.25, 0.3) is 83.3 Å². The van der Waals surface area contributed by atoms with Crippen LogP contribution in [0.1, 0.15) is 23.7 Å². The van der Waals surface area contributed by atoms with Crippen molar-refractivity contribution in [2.75, 3.05) is 0 Å². The molecule has 0 aliphatic heterocycles. The Kier molecular flexibility index (Phi) is 7.56. The third-order valence-corrected chi connectivity index (χ3v) is 11.1. The van der Waals surface area contributed by atoms with Crippen LogP contribution < -0.4 is 0 Å². The highest BCUT2D eigenvalue weighted by Gasteiger charge is 2.23. The van der Waals surface area contributed by atoms with Gasteiger partial charge in [-0.05, 0) is 65.6 Å². The van der Waals surface area contributed by atoms with Crippen molar-refractivity contribution in [3.8, 4) is 34.2 Å². The van der Waals surface area contributed by atoms with Gasteiger partial charge in [-0.25, -0.2) is 4.98 Å². The van der Waals surface area contributed by atoms with Crippen LogP contribution >= 0.6 is 0 Å². The summed E-state index contributed by atoms with van der Waals surface area (Å²) in [5.74, 6) is 2.10. The van der Waals surface area contributed by atoms with Crippen LogP contribution in [-0.4, -0.2) is 24.1 Å². The van der Waals surface area contributed by atoms with E-state index in [4.69, 9.17) is 15.0 Å². The minimum atomic E-state index is 0.227. The largest absolute Gasteiger partial charge is 0.309 e.